The van der Waals surface area contributed by atoms with Crippen molar-refractivity contribution in [3.05, 3.63) is 30.8 Å². The molecule has 0 aromatic carbocycles. The molecule has 2 heterocycles. The highest BCUT2D eigenvalue weighted by molar-refractivity contribution is 9.11. The molecule has 0 N–H and O–H groups in total. The zero-order valence-corrected chi connectivity index (χ0v) is 27.3. The van der Waals surface area contributed by atoms with Crippen LogP contribution < -0.4 is 0 Å². The molecule has 0 radical (unpaired) electrons. The van der Waals surface area contributed by atoms with Crippen LogP contribution in [0, 0.1) is 23.7 Å². The van der Waals surface area contributed by atoms with Crippen LogP contribution >= 0.6 is 54.5 Å². The maximum atomic E-state index is 3.70. The van der Waals surface area contributed by atoms with E-state index in [2.05, 4.69) is 81.5 Å². The number of halogens is 2. The second kappa shape index (κ2) is 20.4. The second-order valence-electron chi connectivity index (χ2n) is 9.64. The first-order valence-corrected chi connectivity index (χ1v) is 17.4. The Kier molecular flexibility index (Phi) is 18.0. The topological polar surface area (TPSA) is 0 Å². The molecule has 0 atom stereocenters. The van der Waals surface area contributed by atoms with Crippen molar-refractivity contribution >= 4 is 54.5 Å². The number of hydrogen-bond acceptors (Lipinski definition) is 2. The van der Waals surface area contributed by atoms with Gasteiger partial charge in [-0.3, -0.25) is 0 Å². The fourth-order valence-electron chi connectivity index (χ4n) is 4.25. The minimum absolute atomic E-state index is 0.987. The van der Waals surface area contributed by atoms with E-state index in [1.54, 1.807) is 22.7 Å². The van der Waals surface area contributed by atoms with Gasteiger partial charge >= 0.3 is 0 Å². The minimum atomic E-state index is 0.987. The Morgan fingerprint density at radius 2 is 0.861 bits per heavy atom. The molecule has 0 saturated carbocycles. The lowest BCUT2D eigenvalue weighted by Gasteiger charge is -1.99. The third-order valence-electron chi connectivity index (χ3n) is 6.37. The summed E-state index contributed by atoms with van der Waals surface area (Å²) < 4.78 is 2.27. The minimum Gasteiger partial charge on any atom is -0.126 e. The molecule has 36 heavy (non-hydrogen) atoms. The predicted octanol–water partition coefficient (Wildman–Crippen LogP) is 12.8. The lowest BCUT2D eigenvalue weighted by atomic mass is 10.1. The van der Waals surface area contributed by atoms with Gasteiger partial charge in [0.05, 0.1) is 17.3 Å². The number of thiophene rings is 2. The summed E-state index contributed by atoms with van der Waals surface area (Å²) in [6.07, 6.45) is 23.5. The van der Waals surface area contributed by atoms with Crippen LogP contribution in [0.5, 0.6) is 0 Å². The molecule has 2 rings (SSSR count). The van der Waals surface area contributed by atoms with E-state index in [-0.39, 0.29) is 0 Å². The first kappa shape index (κ1) is 31.7. The van der Waals surface area contributed by atoms with Crippen LogP contribution in [0.2, 0.25) is 0 Å². The highest BCUT2D eigenvalue weighted by Crippen LogP contribution is 2.42. The summed E-state index contributed by atoms with van der Waals surface area (Å²) in [5.41, 5.74) is 2.26. The molecule has 0 unspecified atom stereocenters. The van der Waals surface area contributed by atoms with Crippen LogP contribution in [-0.4, -0.2) is 0 Å². The third kappa shape index (κ3) is 13.3. The Bertz CT molecular complexity index is 897. The largest absolute Gasteiger partial charge is 0.126 e. The molecule has 0 aliphatic carbocycles. The van der Waals surface area contributed by atoms with E-state index >= 15 is 0 Å². The summed E-state index contributed by atoms with van der Waals surface area (Å²) in [5.74, 6) is 13.8. The standard InChI is InChI=1S/C32H44Br2S2/c1-3-5-7-9-11-13-15-17-19-21-23-27-25-29(33)35-31(27)32-28(26-30(34)36-32)24-22-20-18-16-14-12-10-8-6-4-2/h25-26H,3-20H2,1-2H3. The van der Waals surface area contributed by atoms with E-state index in [1.807, 2.05) is 0 Å². The molecule has 0 saturated heterocycles. The summed E-state index contributed by atoms with van der Waals surface area (Å²) in [7, 11) is 0. The number of hydrogen-bond donors (Lipinski definition) is 0. The average Bonchev–Trinajstić information content (AvgIpc) is 3.42. The van der Waals surface area contributed by atoms with E-state index < -0.39 is 0 Å². The molecule has 0 nitrogen and oxygen atoms in total. The molecular weight excluding hydrogens is 608 g/mol. The summed E-state index contributed by atoms with van der Waals surface area (Å²) in [6, 6.07) is 4.35. The van der Waals surface area contributed by atoms with Crippen molar-refractivity contribution in [1.29, 1.82) is 0 Å². The molecule has 0 amide bonds. The monoisotopic (exact) mass is 650 g/mol. The van der Waals surface area contributed by atoms with E-state index in [9.17, 15) is 0 Å². The molecule has 2 aromatic rings. The van der Waals surface area contributed by atoms with E-state index in [4.69, 9.17) is 0 Å². The van der Waals surface area contributed by atoms with Gasteiger partial charge in [-0.15, -0.1) is 22.7 Å². The Morgan fingerprint density at radius 3 is 1.22 bits per heavy atom. The molecular formula is C32H44Br2S2. The molecule has 2 aromatic heterocycles. The maximum absolute atomic E-state index is 3.70. The lowest BCUT2D eigenvalue weighted by molar-refractivity contribution is 0.579. The van der Waals surface area contributed by atoms with E-state index in [0.29, 0.717) is 0 Å². The van der Waals surface area contributed by atoms with Crippen molar-refractivity contribution in [2.24, 2.45) is 0 Å². The van der Waals surface area contributed by atoms with Gasteiger partial charge in [-0.25, -0.2) is 0 Å². The first-order valence-electron chi connectivity index (χ1n) is 14.2. The maximum Gasteiger partial charge on any atom is 0.0718 e. The molecule has 4 heteroatoms. The Morgan fingerprint density at radius 1 is 0.528 bits per heavy atom. The Balaban J connectivity index is 1.84. The molecule has 0 fully saturated rings. The van der Waals surface area contributed by atoms with Crippen molar-refractivity contribution in [2.75, 3.05) is 0 Å². The van der Waals surface area contributed by atoms with Crippen molar-refractivity contribution in [2.45, 2.75) is 129 Å². The lowest BCUT2D eigenvalue weighted by Crippen LogP contribution is -1.81. The Hall–Kier alpha value is -0.520. The smallest absolute Gasteiger partial charge is 0.0718 e. The molecule has 0 aliphatic heterocycles. The van der Waals surface area contributed by atoms with Crippen LogP contribution in [0.15, 0.2) is 19.7 Å². The van der Waals surface area contributed by atoms with Gasteiger partial charge in [0, 0.05) is 24.0 Å². The van der Waals surface area contributed by atoms with Crippen molar-refractivity contribution in [3.8, 4) is 33.4 Å². The normalized spacial score (nSPS) is 10.7. The average molecular weight is 653 g/mol. The summed E-state index contributed by atoms with van der Waals surface area (Å²) in [5, 5.41) is 0. The number of unbranched alkanes of at least 4 members (excludes halogenated alkanes) is 16. The first-order chi connectivity index (χ1) is 17.7. The summed E-state index contributed by atoms with van der Waals surface area (Å²) in [4.78, 5) is 2.50. The van der Waals surface area contributed by atoms with Gasteiger partial charge in [0.15, 0.2) is 0 Å². The predicted molar refractivity (Wildman–Crippen MR) is 171 cm³/mol. The van der Waals surface area contributed by atoms with Crippen molar-refractivity contribution in [3.63, 3.8) is 0 Å². The van der Waals surface area contributed by atoms with Gasteiger partial charge in [0.1, 0.15) is 0 Å². The zero-order valence-electron chi connectivity index (χ0n) is 22.5. The highest BCUT2D eigenvalue weighted by atomic mass is 79.9. The summed E-state index contributed by atoms with van der Waals surface area (Å²) in [6.45, 7) is 4.56. The van der Waals surface area contributed by atoms with Gasteiger partial charge in [-0.05, 0) is 56.8 Å². The van der Waals surface area contributed by atoms with Crippen LogP contribution in [0.1, 0.15) is 141 Å². The fourth-order valence-corrected chi connectivity index (χ4v) is 7.52. The highest BCUT2D eigenvalue weighted by Gasteiger charge is 2.15. The molecule has 0 bridgehead atoms. The van der Waals surface area contributed by atoms with Gasteiger partial charge in [0.2, 0.25) is 0 Å². The van der Waals surface area contributed by atoms with Gasteiger partial charge in [-0.1, -0.05) is 127 Å². The van der Waals surface area contributed by atoms with E-state index in [0.717, 1.165) is 31.5 Å². The fraction of sp³-hybridized carbons (Fsp3) is 0.625. The van der Waals surface area contributed by atoms with Crippen LogP contribution in [-0.2, 0) is 0 Å². The second-order valence-corrected chi connectivity index (χ2v) is 14.5. The van der Waals surface area contributed by atoms with Crippen LogP contribution in [0.3, 0.4) is 0 Å². The Labute approximate surface area is 246 Å². The molecule has 0 aliphatic rings. The van der Waals surface area contributed by atoms with Gasteiger partial charge < -0.3 is 0 Å². The molecule has 0 spiro atoms. The van der Waals surface area contributed by atoms with Crippen molar-refractivity contribution < 1.29 is 0 Å². The third-order valence-corrected chi connectivity index (χ3v) is 9.81. The number of rotatable bonds is 17. The van der Waals surface area contributed by atoms with Gasteiger partial charge in [0.25, 0.3) is 0 Å². The van der Waals surface area contributed by atoms with Crippen LogP contribution in [0.4, 0.5) is 0 Å². The zero-order chi connectivity index (χ0) is 25.8. The molecule has 198 valence electrons. The van der Waals surface area contributed by atoms with Crippen molar-refractivity contribution in [1.82, 2.24) is 0 Å². The van der Waals surface area contributed by atoms with Gasteiger partial charge in [-0.2, -0.15) is 0 Å². The SMILES string of the molecule is CCCCCCCCCCC#Cc1cc(Br)sc1-c1sc(Br)cc1C#CCCCCCCCCCC. The quantitative estimate of drug-likeness (QED) is 0.118. The van der Waals surface area contributed by atoms with E-state index in [1.165, 1.54) is 112 Å². The van der Waals surface area contributed by atoms with Crippen LogP contribution in [0.25, 0.3) is 9.75 Å². The summed E-state index contributed by atoms with van der Waals surface area (Å²) >= 11 is 10.9.